The van der Waals surface area contributed by atoms with Crippen molar-refractivity contribution in [3.63, 3.8) is 0 Å². The third-order valence-corrected chi connectivity index (χ3v) is 4.77. The van der Waals surface area contributed by atoms with Crippen LogP contribution in [0.5, 0.6) is 0 Å². The van der Waals surface area contributed by atoms with E-state index in [2.05, 4.69) is 20.9 Å². The first-order valence-corrected chi connectivity index (χ1v) is 8.76. The topological polar surface area (TPSA) is 68.6 Å². The van der Waals surface area contributed by atoms with Gasteiger partial charge >= 0.3 is 0 Å². The number of nitrogens with two attached hydrogens (primary N) is 1. The first-order valence-electron chi connectivity index (χ1n) is 7.47. The molecule has 6 heteroatoms. The maximum absolute atomic E-state index is 12.0. The van der Waals surface area contributed by atoms with Crippen LogP contribution >= 0.6 is 27.5 Å². The number of halogens is 2. The average Bonchev–Trinajstić information content (AvgIpc) is 2.88. The molecule has 0 radical (unpaired) electrons. The number of benzene rings is 1. The molecule has 0 amide bonds. The van der Waals surface area contributed by atoms with Gasteiger partial charge in [0.05, 0.1) is 0 Å². The zero-order valence-corrected chi connectivity index (χ0v) is 15.6. The van der Waals surface area contributed by atoms with E-state index < -0.39 is 0 Å². The number of nitrogens with zero attached hydrogens (tertiary/aromatic N) is 1. The SMILES string of the molecule is CC(=O)c1oc2c(c1N=C(C)c1cc(N)ccc1Cl)=CC(Br)CC=2. The lowest BCUT2D eigenvalue weighted by atomic mass is 10.1. The highest BCUT2D eigenvalue weighted by Crippen LogP contribution is 2.23. The predicted octanol–water partition coefficient (Wildman–Crippen LogP) is 3.59. The highest BCUT2D eigenvalue weighted by molar-refractivity contribution is 9.09. The Bertz CT molecular complexity index is 976. The van der Waals surface area contributed by atoms with Crippen LogP contribution in [-0.4, -0.2) is 16.3 Å². The molecule has 2 N–H and O–H groups in total. The summed E-state index contributed by atoms with van der Waals surface area (Å²) in [5.41, 5.74) is 9.06. The number of Topliss-reactive ketones (excluding diaryl/α,β-unsaturated/α-hetero) is 1. The van der Waals surface area contributed by atoms with E-state index in [-0.39, 0.29) is 16.4 Å². The van der Waals surface area contributed by atoms with Gasteiger partial charge in [0, 0.05) is 39.0 Å². The van der Waals surface area contributed by atoms with Gasteiger partial charge in [0.2, 0.25) is 0 Å². The molecule has 0 aliphatic heterocycles. The van der Waals surface area contributed by atoms with E-state index in [9.17, 15) is 4.79 Å². The number of rotatable bonds is 3. The summed E-state index contributed by atoms with van der Waals surface area (Å²) in [4.78, 5) is 16.8. The number of nitrogen functional groups attached to an aromatic ring is 1. The average molecular weight is 408 g/mol. The molecule has 1 unspecified atom stereocenters. The molecule has 4 nitrogen and oxygen atoms in total. The smallest absolute Gasteiger partial charge is 0.197 e. The number of hydrogen-bond donors (Lipinski definition) is 1. The van der Waals surface area contributed by atoms with Gasteiger partial charge in [0.15, 0.2) is 11.5 Å². The summed E-state index contributed by atoms with van der Waals surface area (Å²) in [5.74, 6) is 0.0935. The van der Waals surface area contributed by atoms with Gasteiger partial charge in [0.25, 0.3) is 0 Å². The Hall–Kier alpha value is -1.85. The summed E-state index contributed by atoms with van der Waals surface area (Å²) in [6, 6.07) is 5.23. The number of anilines is 1. The second-order valence-corrected chi connectivity index (χ2v) is 7.26. The van der Waals surface area contributed by atoms with Gasteiger partial charge in [-0.05, 0) is 37.6 Å². The van der Waals surface area contributed by atoms with E-state index in [1.54, 1.807) is 18.2 Å². The second kappa shape index (κ2) is 6.57. The van der Waals surface area contributed by atoms with Crippen molar-refractivity contribution in [1.29, 1.82) is 0 Å². The van der Waals surface area contributed by atoms with E-state index in [0.29, 0.717) is 27.5 Å². The molecule has 124 valence electrons. The van der Waals surface area contributed by atoms with Gasteiger partial charge in [-0.15, -0.1) is 0 Å². The minimum absolute atomic E-state index is 0.164. The molecule has 1 heterocycles. The molecule has 0 saturated carbocycles. The number of carbonyl (C=O) groups excluding carboxylic acids is 1. The Labute approximate surface area is 152 Å². The Morgan fingerprint density at radius 2 is 2.17 bits per heavy atom. The maximum atomic E-state index is 12.0. The molecule has 1 aromatic heterocycles. The van der Waals surface area contributed by atoms with Crippen molar-refractivity contribution in [2.75, 3.05) is 5.73 Å². The van der Waals surface area contributed by atoms with Crippen LogP contribution in [0.4, 0.5) is 11.4 Å². The Kier molecular flexibility index (Phi) is 4.65. The lowest BCUT2D eigenvalue weighted by molar-refractivity contribution is 0.0986. The zero-order valence-electron chi connectivity index (χ0n) is 13.3. The third-order valence-electron chi connectivity index (χ3n) is 3.80. The molecule has 24 heavy (non-hydrogen) atoms. The quantitative estimate of drug-likeness (QED) is 0.366. The fourth-order valence-corrected chi connectivity index (χ4v) is 3.34. The van der Waals surface area contributed by atoms with E-state index in [1.807, 2.05) is 19.1 Å². The van der Waals surface area contributed by atoms with E-state index in [0.717, 1.165) is 17.2 Å². The van der Waals surface area contributed by atoms with Crippen molar-refractivity contribution in [2.45, 2.75) is 25.1 Å². The van der Waals surface area contributed by atoms with Crippen LogP contribution in [0.2, 0.25) is 5.02 Å². The second-order valence-electron chi connectivity index (χ2n) is 5.67. The monoisotopic (exact) mass is 406 g/mol. The fourth-order valence-electron chi connectivity index (χ4n) is 2.63. The van der Waals surface area contributed by atoms with Crippen LogP contribution in [0.25, 0.3) is 12.2 Å². The van der Waals surface area contributed by atoms with Gasteiger partial charge < -0.3 is 10.2 Å². The lowest BCUT2D eigenvalue weighted by Crippen LogP contribution is -2.25. The number of ketones is 1. The predicted molar refractivity (Wildman–Crippen MR) is 102 cm³/mol. The van der Waals surface area contributed by atoms with Crippen molar-refractivity contribution in [3.05, 3.63) is 45.2 Å². The molecule has 1 aliphatic rings. The van der Waals surface area contributed by atoms with Gasteiger partial charge in [-0.25, -0.2) is 4.99 Å². The highest BCUT2D eigenvalue weighted by Gasteiger charge is 2.19. The van der Waals surface area contributed by atoms with Crippen LogP contribution in [-0.2, 0) is 0 Å². The molecule has 0 saturated heterocycles. The largest absolute Gasteiger partial charge is 0.451 e. The van der Waals surface area contributed by atoms with Crippen molar-refractivity contribution < 1.29 is 9.21 Å². The van der Waals surface area contributed by atoms with Crippen LogP contribution in [0, 0.1) is 0 Å². The van der Waals surface area contributed by atoms with E-state index in [1.165, 1.54) is 6.92 Å². The molecule has 0 fully saturated rings. The molecule has 1 aromatic carbocycles. The minimum Gasteiger partial charge on any atom is -0.451 e. The van der Waals surface area contributed by atoms with Crippen LogP contribution < -0.4 is 16.4 Å². The van der Waals surface area contributed by atoms with E-state index >= 15 is 0 Å². The van der Waals surface area contributed by atoms with Crippen LogP contribution in [0.15, 0.2) is 27.6 Å². The van der Waals surface area contributed by atoms with E-state index in [4.69, 9.17) is 21.8 Å². The van der Waals surface area contributed by atoms with Crippen LogP contribution in [0.1, 0.15) is 36.4 Å². The maximum Gasteiger partial charge on any atom is 0.197 e. The van der Waals surface area contributed by atoms with Crippen LogP contribution in [0.3, 0.4) is 0 Å². The van der Waals surface area contributed by atoms with Crippen molar-refractivity contribution in [3.8, 4) is 0 Å². The Morgan fingerprint density at radius 1 is 1.42 bits per heavy atom. The summed E-state index contributed by atoms with van der Waals surface area (Å²) in [6.45, 7) is 3.31. The molecule has 0 bridgehead atoms. The van der Waals surface area contributed by atoms with Crippen molar-refractivity contribution in [1.82, 2.24) is 0 Å². The normalized spacial score (nSPS) is 17.0. The fraction of sp³-hybridized carbons (Fsp3) is 0.222. The van der Waals surface area contributed by atoms with Crippen molar-refractivity contribution >= 4 is 62.6 Å². The van der Waals surface area contributed by atoms with Gasteiger partial charge in [-0.3, -0.25) is 4.79 Å². The first kappa shape index (κ1) is 17.0. The summed E-state index contributed by atoms with van der Waals surface area (Å²) in [5, 5.41) is 1.38. The molecule has 1 atom stereocenters. The number of alkyl halides is 1. The number of aliphatic imine (C=N–C) groups is 1. The number of carbonyl (C=O) groups is 1. The van der Waals surface area contributed by atoms with Gasteiger partial charge in [0.1, 0.15) is 11.1 Å². The highest BCUT2D eigenvalue weighted by atomic mass is 79.9. The van der Waals surface area contributed by atoms with Gasteiger partial charge in [-0.1, -0.05) is 33.6 Å². The number of fused-ring (bicyclic) bond motifs is 1. The van der Waals surface area contributed by atoms with Crippen molar-refractivity contribution in [2.24, 2.45) is 4.99 Å². The summed E-state index contributed by atoms with van der Waals surface area (Å²) >= 11 is 9.82. The zero-order chi connectivity index (χ0) is 17.4. The summed E-state index contributed by atoms with van der Waals surface area (Å²) in [7, 11) is 0. The minimum atomic E-state index is -0.164. The molecule has 2 aromatic rings. The molecule has 1 aliphatic carbocycles. The Balaban J connectivity index is 2.23. The van der Waals surface area contributed by atoms with Gasteiger partial charge in [-0.2, -0.15) is 0 Å². The molecule has 0 spiro atoms. The first-order chi connectivity index (χ1) is 11.4. The summed E-state index contributed by atoms with van der Waals surface area (Å²) < 4.78 is 5.72. The number of furan rings is 1. The lowest BCUT2D eigenvalue weighted by Gasteiger charge is -2.06. The molecule has 3 rings (SSSR count). The molecular weight excluding hydrogens is 392 g/mol. The third kappa shape index (κ3) is 3.19. The number of hydrogen-bond acceptors (Lipinski definition) is 4. The summed E-state index contributed by atoms with van der Waals surface area (Å²) in [6.07, 6.45) is 4.78. The Morgan fingerprint density at radius 3 is 2.88 bits per heavy atom. The standard InChI is InChI=1S/C18H16BrClN2O2/c1-9(13-8-12(21)4-5-15(13)20)22-17-14-7-11(19)3-6-16(14)24-18(17)10(2)23/h4-8,11H,3,21H2,1-2H3. The molecular formula is C18H16BrClN2O2.